The first-order valence-corrected chi connectivity index (χ1v) is 6.54. The number of nitrogens with zero attached hydrogens (tertiary/aromatic N) is 2. The summed E-state index contributed by atoms with van der Waals surface area (Å²) in [4.78, 5) is 16.0. The summed E-state index contributed by atoms with van der Waals surface area (Å²) in [6.07, 6.45) is 5.16. The highest BCUT2D eigenvalue weighted by Crippen LogP contribution is 2.20. The second-order valence-corrected chi connectivity index (χ2v) is 4.87. The standard InChI is InChI=1S/C15H12ClN3O/c16-12-3-4-14-11(8-12)5-7-19(14)10-15(20)18-13-2-1-6-17-9-13/h1-9H,10H2,(H,18,20). The van der Waals surface area contributed by atoms with E-state index in [1.165, 1.54) is 0 Å². The molecule has 1 aromatic carbocycles. The highest BCUT2D eigenvalue weighted by molar-refractivity contribution is 6.31. The number of hydrogen-bond donors (Lipinski definition) is 1. The van der Waals surface area contributed by atoms with Crippen molar-refractivity contribution in [1.82, 2.24) is 9.55 Å². The van der Waals surface area contributed by atoms with Gasteiger partial charge in [0.15, 0.2) is 0 Å². The molecule has 0 aliphatic heterocycles. The summed E-state index contributed by atoms with van der Waals surface area (Å²) in [5, 5.41) is 4.52. The fourth-order valence-corrected chi connectivity index (χ4v) is 2.28. The van der Waals surface area contributed by atoms with Crippen LogP contribution in [0.1, 0.15) is 0 Å². The first-order chi connectivity index (χ1) is 9.72. The molecular weight excluding hydrogens is 274 g/mol. The van der Waals surface area contributed by atoms with E-state index in [-0.39, 0.29) is 12.5 Å². The Bertz CT molecular complexity index is 752. The molecule has 0 aliphatic carbocycles. The zero-order chi connectivity index (χ0) is 13.9. The highest BCUT2D eigenvalue weighted by Gasteiger charge is 2.07. The summed E-state index contributed by atoms with van der Waals surface area (Å²) in [5.41, 5.74) is 1.67. The predicted molar refractivity (Wildman–Crippen MR) is 79.8 cm³/mol. The maximum absolute atomic E-state index is 12.0. The molecule has 0 saturated carbocycles. The number of pyridine rings is 1. The van der Waals surface area contributed by atoms with Gasteiger partial charge in [0.25, 0.3) is 0 Å². The molecule has 0 aliphatic rings. The Morgan fingerprint density at radius 3 is 3.00 bits per heavy atom. The van der Waals surface area contributed by atoms with Crippen molar-refractivity contribution >= 4 is 34.1 Å². The van der Waals surface area contributed by atoms with Crippen LogP contribution >= 0.6 is 11.6 Å². The number of rotatable bonds is 3. The summed E-state index contributed by atoms with van der Waals surface area (Å²) in [6, 6.07) is 11.1. The highest BCUT2D eigenvalue weighted by atomic mass is 35.5. The van der Waals surface area contributed by atoms with Crippen molar-refractivity contribution in [1.29, 1.82) is 0 Å². The number of anilines is 1. The molecule has 1 N–H and O–H groups in total. The van der Waals surface area contributed by atoms with Gasteiger partial charge in [-0.1, -0.05) is 11.6 Å². The van der Waals surface area contributed by atoms with Crippen molar-refractivity contribution in [3.05, 3.63) is 60.0 Å². The van der Waals surface area contributed by atoms with Crippen molar-refractivity contribution in [3.63, 3.8) is 0 Å². The van der Waals surface area contributed by atoms with Crippen molar-refractivity contribution in [2.75, 3.05) is 5.32 Å². The summed E-state index contributed by atoms with van der Waals surface area (Å²) >= 11 is 5.95. The lowest BCUT2D eigenvalue weighted by atomic mass is 10.2. The number of carbonyl (C=O) groups is 1. The second kappa shape index (κ2) is 5.35. The Kier molecular flexibility index (Phi) is 3.39. The van der Waals surface area contributed by atoms with Gasteiger partial charge in [-0.05, 0) is 36.4 Å². The summed E-state index contributed by atoms with van der Waals surface area (Å²) in [6.45, 7) is 0.250. The SMILES string of the molecule is O=C(Cn1ccc2cc(Cl)ccc21)Nc1cccnc1. The first-order valence-electron chi connectivity index (χ1n) is 6.17. The van der Waals surface area contributed by atoms with E-state index in [1.807, 2.05) is 35.0 Å². The number of carbonyl (C=O) groups excluding carboxylic acids is 1. The van der Waals surface area contributed by atoms with E-state index in [2.05, 4.69) is 10.3 Å². The van der Waals surface area contributed by atoms with E-state index >= 15 is 0 Å². The first kappa shape index (κ1) is 12.7. The number of fused-ring (bicyclic) bond motifs is 1. The molecule has 1 amide bonds. The number of halogens is 1. The van der Waals surface area contributed by atoms with E-state index in [0.717, 1.165) is 10.9 Å². The molecule has 0 spiro atoms. The number of aromatic nitrogens is 2. The lowest BCUT2D eigenvalue weighted by Crippen LogP contribution is -2.18. The molecule has 0 fully saturated rings. The molecule has 0 bridgehead atoms. The molecule has 2 heterocycles. The third-order valence-electron chi connectivity index (χ3n) is 2.99. The van der Waals surface area contributed by atoms with E-state index in [4.69, 9.17) is 11.6 Å². The van der Waals surface area contributed by atoms with Gasteiger partial charge in [0.1, 0.15) is 6.54 Å². The Morgan fingerprint density at radius 1 is 1.30 bits per heavy atom. The van der Waals surface area contributed by atoms with Gasteiger partial charge in [-0.15, -0.1) is 0 Å². The van der Waals surface area contributed by atoms with Gasteiger partial charge >= 0.3 is 0 Å². The van der Waals surface area contributed by atoms with E-state index in [0.29, 0.717) is 10.7 Å². The van der Waals surface area contributed by atoms with E-state index in [1.54, 1.807) is 24.5 Å². The van der Waals surface area contributed by atoms with Crippen LogP contribution in [0.25, 0.3) is 10.9 Å². The zero-order valence-electron chi connectivity index (χ0n) is 10.6. The van der Waals surface area contributed by atoms with Crippen LogP contribution in [0.2, 0.25) is 5.02 Å². The number of benzene rings is 1. The third-order valence-corrected chi connectivity index (χ3v) is 3.23. The van der Waals surface area contributed by atoms with Crippen LogP contribution < -0.4 is 5.32 Å². The molecular formula is C15H12ClN3O. The van der Waals surface area contributed by atoms with Crippen LogP contribution in [0.4, 0.5) is 5.69 Å². The van der Waals surface area contributed by atoms with Crippen LogP contribution in [-0.2, 0) is 11.3 Å². The predicted octanol–water partition coefficient (Wildman–Crippen LogP) is 3.33. The molecule has 0 unspecified atom stereocenters. The number of nitrogens with one attached hydrogen (secondary N) is 1. The summed E-state index contributed by atoms with van der Waals surface area (Å²) in [5.74, 6) is -0.0922. The molecule has 100 valence electrons. The van der Waals surface area contributed by atoms with E-state index < -0.39 is 0 Å². The zero-order valence-corrected chi connectivity index (χ0v) is 11.3. The number of hydrogen-bond acceptors (Lipinski definition) is 2. The Balaban J connectivity index is 1.78. The van der Waals surface area contributed by atoms with Gasteiger partial charge in [0.2, 0.25) is 5.91 Å². The van der Waals surface area contributed by atoms with Gasteiger partial charge in [0, 0.05) is 28.3 Å². The molecule has 5 heteroatoms. The van der Waals surface area contributed by atoms with Gasteiger partial charge < -0.3 is 9.88 Å². The maximum Gasteiger partial charge on any atom is 0.244 e. The summed E-state index contributed by atoms with van der Waals surface area (Å²) < 4.78 is 1.89. The van der Waals surface area contributed by atoms with Crippen LogP contribution in [0.15, 0.2) is 55.0 Å². The smallest absolute Gasteiger partial charge is 0.244 e. The Hall–Kier alpha value is -2.33. The van der Waals surface area contributed by atoms with Gasteiger partial charge in [-0.25, -0.2) is 0 Å². The normalized spacial score (nSPS) is 10.7. The average Bonchev–Trinajstić information content (AvgIpc) is 2.82. The van der Waals surface area contributed by atoms with Crippen LogP contribution in [0.3, 0.4) is 0 Å². The molecule has 2 aromatic heterocycles. The molecule has 0 saturated heterocycles. The van der Waals surface area contributed by atoms with E-state index in [9.17, 15) is 4.79 Å². The van der Waals surface area contributed by atoms with Crippen molar-refractivity contribution in [2.24, 2.45) is 0 Å². The molecule has 0 radical (unpaired) electrons. The third kappa shape index (κ3) is 2.65. The fourth-order valence-electron chi connectivity index (χ4n) is 2.10. The summed E-state index contributed by atoms with van der Waals surface area (Å²) in [7, 11) is 0. The average molecular weight is 286 g/mol. The minimum absolute atomic E-state index is 0.0922. The fraction of sp³-hybridized carbons (Fsp3) is 0.0667. The maximum atomic E-state index is 12.0. The Labute approximate surface area is 121 Å². The van der Waals surface area contributed by atoms with Crippen molar-refractivity contribution in [2.45, 2.75) is 6.54 Å². The van der Waals surface area contributed by atoms with Crippen LogP contribution in [0, 0.1) is 0 Å². The van der Waals surface area contributed by atoms with Crippen LogP contribution in [-0.4, -0.2) is 15.5 Å². The lowest BCUT2D eigenvalue weighted by molar-refractivity contribution is -0.116. The minimum Gasteiger partial charge on any atom is -0.338 e. The molecule has 20 heavy (non-hydrogen) atoms. The van der Waals surface area contributed by atoms with Gasteiger partial charge in [-0.2, -0.15) is 0 Å². The Morgan fingerprint density at radius 2 is 2.20 bits per heavy atom. The van der Waals surface area contributed by atoms with Crippen molar-refractivity contribution in [3.8, 4) is 0 Å². The van der Waals surface area contributed by atoms with Gasteiger partial charge in [-0.3, -0.25) is 9.78 Å². The van der Waals surface area contributed by atoms with Gasteiger partial charge in [0.05, 0.1) is 11.9 Å². The minimum atomic E-state index is -0.0922. The lowest BCUT2D eigenvalue weighted by Gasteiger charge is -2.07. The molecule has 3 rings (SSSR count). The number of amides is 1. The largest absolute Gasteiger partial charge is 0.338 e. The quantitative estimate of drug-likeness (QED) is 0.802. The second-order valence-electron chi connectivity index (χ2n) is 4.44. The molecule has 0 atom stereocenters. The monoisotopic (exact) mass is 285 g/mol. The van der Waals surface area contributed by atoms with Crippen molar-refractivity contribution < 1.29 is 4.79 Å². The molecule has 4 nitrogen and oxygen atoms in total. The van der Waals surface area contributed by atoms with Crippen LogP contribution in [0.5, 0.6) is 0 Å². The topological polar surface area (TPSA) is 46.9 Å². The molecule has 3 aromatic rings.